The molecule has 25 heavy (non-hydrogen) atoms. The lowest BCUT2D eigenvalue weighted by molar-refractivity contribution is -0.126. The third-order valence-electron chi connectivity index (χ3n) is 4.75. The highest BCUT2D eigenvalue weighted by Gasteiger charge is 2.29. The van der Waals surface area contributed by atoms with Crippen molar-refractivity contribution in [3.8, 4) is 0 Å². The molecule has 1 aromatic carbocycles. The van der Waals surface area contributed by atoms with Gasteiger partial charge in [0.05, 0.1) is 11.7 Å². The number of halogens is 1. The number of hydrogen-bond acceptors (Lipinski definition) is 2. The van der Waals surface area contributed by atoms with Gasteiger partial charge < -0.3 is 4.90 Å². The van der Waals surface area contributed by atoms with Gasteiger partial charge in [0.25, 0.3) is 0 Å². The third-order valence-corrected chi connectivity index (χ3v) is 5.20. The van der Waals surface area contributed by atoms with E-state index in [2.05, 4.69) is 37.1 Å². The van der Waals surface area contributed by atoms with Crippen molar-refractivity contribution in [1.29, 1.82) is 0 Å². The Kier molecular flexibility index (Phi) is 5.00. The Hall–Kier alpha value is -2.07. The predicted octanol–water partition coefficient (Wildman–Crippen LogP) is 4.38. The van der Waals surface area contributed by atoms with E-state index in [0.717, 1.165) is 30.6 Å². The van der Waals surface area contributed by atoms with E-state index in [9.17, 15) is 4.79 Å². The van der Waals surface area contributed by atoms with Crippen LogP contribution >= 0.6 is 11.6 Å². The average molecular weight is 358 g/mol. The van der Waals surface area contributed by atoms with Crippen molar-refractivity contribution in [3.05, 3.63) is 57.4 Å². The zero-order valence-corrected chi connectivity index (χ0v) is 16.0. The summed E-state index contributed by atoms with van der Waals surface area (Å²) in [7, 11) is 1.80. The molecule has 132 valence electrons. The first-order valence-electron chi connectivity index (χ1n) is 8.63. The normalized spacial score (nSPS) is 17.6. The molecule has 3 rings (SSSR count). The smallest absolute Gasteiger partial charge is 0.247 e. The summed E-state index contributed by atoms with van der Waals surface area (Å²) in [4.78, 5) is 14.7. The molecule has 1 saturated heterocycles. The number of aryl methyl sites for hydroxylation is 4. The minimum atomic E-state index is 0.0287. The van der Waals surface area contributed by atoms with E-state index in [-0.39, 0.29) is 11.9 Å². The van der Waals surface area contributed by atoms with Crippen molar-refractivity contribution in [2.45, 2.75) is 39.7 Å². The first-order valence-corrected chi connectivity index (χ1v) is 9.00. The Morgan fingerprint density at radius 2 is 1.92 bits per heavy atom. The summed E-state index contributed by atoms with van der Waals surface area (Å²) in [5, 5.41) is 4.83. The molecular weight excluding hydrogens is 334 g/mol. The lowest BCUT2D eigenvalue weighted by atomic mass is 9.99. The molecule has 1 aliphatic heterocycles. The summed E-state index contributed by atoms with van der Waals surface area (Å²) in [6, 6.07) is 6.70. The molecule has 0 saturated carbocycles. The number of carbonyl (C=O) groups excluding carboxylic acids is 1. The Bertz CT molecular complexity index is 817. The van der Waals surface area contributed by atoms with Crippen LogP contribution in [-0.4, -0.2) is 27.1 Å². The molecule has 4 nitrogen and oxygen atoms in total. The van der Waals surface area contributed by atoms with Gasteiger partial charge in [-0.25, -0.2) is 0 Å². The monoisotopic (exact) mass is 357 g/mol. The van der Waals surface area contributed by atoms with Crippen LogP contribution in [0.4, 0.5) is 0 Å². The summed E-state index contributed by atoms with van der Waals surface area (Å²) >= 11 is 6.24. The molecule has 1 aromatic heterocycles. The second-order valence-electron chi connectivity index (χ2n) is 6.86. The lowest BCUT2D eigenvalue weighted by Crippen LogP contribution is -2.29. The fraction of sp³-hybridized carbons (Fsp3) is 0.400. The molecule has 1 amide bonds. The summed E-state index contributed by atoms with van der Waals surface area (Å²) in [5.74, 6) is 0.0287. The van der Waals surface area contributed by atoms with E-state index in [0.29, 0.717) is 5.15 Å². The molecule has 1 aliphatic rings. The number of amides is 1. The average Bonchev–Trinajstić information content (AvgIpc) is 3.11. The van der Waals surface area contributed by atoms with Gasteiger partial charge in [-0.15, -0.1) is 0 Å². The molecule has 2 aromatic rings. The quantitative estimate of drug-likeness (QED) is 0.765. The molecule has 0 spiro atoms. The standard InChI is InChI=1S/C20H24ClN3O/c1-13-10-14(2)12-16(11-13)18-6-5-9-24(18)19(25)8-7-17-15(3)22-23(4)20(17)21/h7-8,10-12,18H,5-6,9H2,1-4H3. The van der Waals surface area contributed by atoms with Gasteiger partial charge in [-0.1, -0.05) is 40.9 Å². The van der Waals surface area contributed by atoms with Crippen molar-refractivity contribution in [3.63, 3.8) is 0 Å². The van der Waals surface area contributed by atoms with Crippen LogP contribution < -0.4 is 0 Å². The van der Waals surface area contributed by atoms with E-state index < -0.39 is 0 Å². The summed E-state index contributed by atoms with van der Waals surface area (Å²) < 4.78 is 1.62. The van der Waals surface area contributed by atoms with Gasteiger partial charge in [0.1, 0.15) is 5.15 Å². The number of rotatable bonds is 3. The van der Waals surface area contributed by atoms with Crippen molar-refractivity contribution >= 4 is 23.6 Å². The Labute approximate surface area is 154 Å². The van der Waals surface area contributed by atoms with Crippen molar-refractivity contribution < 1.29 is 4.79 Å². The zero-order valence-electron chi connectivity index (χ0n) is 15.2. The highest BCUT2D eigenvalue weighted by Crippen LogP contribution is 2.33. The largest absolute Gasteiger partial charge is 0.332 e. The van der Waals surface area contributed by atoms with Crippen molar-refractivity contribution in [2.24, 2.45) is 7.05 Å². The molecule has 2 heterocycles. The number of aromatic nitrogens is 2. The van der Waals surface area contributed by atoms with Crippen LogP contribution in [0.25, 0.3) is 6.08 Å². The molecule has 1 fully saturated rings. The maximum atomic E-state index is 12.8. The summed E-state index contributed by atoms with van der Waals surface area (Å²) in [6.45, 7) is 6.89. The fourth-order valence-electron chi connectivity index (χ4n) is 3.67. The van der Waals surface area contributed by atoms with Crippen LogP contribution in [0.1, 0.15) is 46.8 Å². The molecule has 0 aliphatic carbocycles. The topological polar surface area (TPSA) is 38.1 Å². The molecule has 0 N–H and O–H groups in total. The molecule has 0 radical (unpaired) electrons. The first kappa shape index (κ1) is 17.7. The van der Waals surface area contributed by atoms with Gasteiger partial charge in [0.2, 0.25) is 5.91 Å². The maximum absolute atomic E-state index is 12.8. The minimum Gasteiger partial charge on any atom is -0.332 e. The molecule has 0 bridgehead atoms. The van der Waals surface area contributed by atoms with Crippen LogP contribution in [0.2, 0.25) is 5.15 Å². The van der Waals surface area contributed by atoms with Gasteiger partial charge in [-0.3, -0.25) is 9.48 Å². The highest BCUT2D eigenvalue weighted by molar-refractivity contribution is 6.31. The SMILES string of the molecule is Cc1cc(C)cc(C2CCCN2C(=O)C=Cc2c(C)nn(C)c2Cl)c1. The Balaban J connectivity index is 1.82. The lowest BCUT2D eigenvalue weighted by Gasteiger charge is -2.24. The predicted molar refractivity (Wildman–Crippen MR) is 102 cm³/mol. The molecule has 1 unspecified atom stereocenters. The van der Waals surface area contributed by atoms with E-state index in [1.54, 1.807) is 23.9 Å². The van der Waals surface area contributed by atoms with E-state index in [1.807, 2.05) is 11.8 Å². The fourth-order valence-corrected chi connectivity index (χ4v) is 3.90. The second-order valence-corrected chi connectivity index (χ2v) is 7.22. The van der Waals surface area contributed by atoms with Crippen LogP contribution in [0.5, 0.6) is 0 Å². The van der Waals surface area contributed by atoms with Crippen LogP contribution in [0.3, 0.4) is 0 Å². The number of carbonyl (C=O) groups is 1. The van der Waals surface area contributed by atoms with Crippen LogP contribution in [0, 0.1) is 20.8 Å². The summed E-state index contributed by atoms with van der Waals surface area (Å²) in [5.41, 5.74) is 5.33. The van der Waals surface area contributed by atoms with E-state index in [4.69, 9.17) is 11.6 Å². The second kappa shape index (κ2) is 7.04. The van der Waals surface area contributed by atoms with Gasteiger partial charge in [-0.05, 0) is 45.3 Å². The van der Waals surface area contributed by atoms with Gasteiger partial charge in [0.15, 0.2) is 0 Å². The van der Waals surface area contributed by atoms with E-state index >= 15 is 0 Å². The maximum Gasteiger partial charge on any atom is 0.247 e. The molecule has 1 atom stereocenters. The highest BCUT2D eigenvalue weighted by atomic mass is 35.5. The zero-order chi connectivity index (χ0) is 18.1. The third kappa shape index (κ3) is 3.64. The van der Waals surface area contributed by atoms with Gasteiger partial charge in [-0.2, -0.15) is 5.10 Å². The minimum absolute atomic E-state index is 0.0287. The van der Waals surface area contributed by atoms with Crippen molar-refractivity contribution in [1.82, 2.24) is 14.7 Å². The van der Waals surface area contributed by atoms with E-state index in [1.165, 1.54) is 16.7 Å². The Morgan fingerprint density at radius 3 is 2.52 bits per heavy atom. The Morgan fingerprint density at radius 1 is 1.24 bits per heavy atom. The number of likely N-dealkylation sites (tertiary alicyclic amines) is 1. The summed E-state index contributed by atoms with van der Waals surface area (Å²) in [6.07, 6.45) is 5.44. The van der Waals surface area contributed by atoms with Gasteiger partial charge in [0, 0.05) is 25.2 Å². The molecule has 5 heteroatoms. The van der Waals surface area contributed by atoms with Crippen molar-refractivity contribution in [2.75, 3.05) is 6.54 Å². The van der Waals surface area contributed by atoms with Crippen LogP contribution in [-0.2, 0) is 11.8 Å². The first-order chi connectivity index (χ1) is 11.9. The number of benzene rings is 1. The van der Waals surface area contributed by atoms with Crippen LogP contribution in [0.15, 0.2) is 24.3 Å². The number of nitrogens with zero attached hydrogens (tertiary/aromatic N) is 3. The van der Waals surface area contributed by atoms with Gasteiger partial charge >= 0.3 is 0 Å². The molecular formula is C20H24ClN3O. The number of hydrogen-bond donors (Lipinski definition) is 0.